The van der Waals surface area contributed by atoms with Gasteiger partial charge < -0.3 is 79.2 Å². The minimum atomic E-state index is -1.14. The first-order chi connectivity index (χ1) is 63.3. The Morgan fingerprint density at radius 2 is 0.254 bits per heavy atom. The number of hydrogen-bond donors (Lipinski definition) is 2. The molecular formula is C110H80Fe4N4O16. The summed E-state index contributed by atoms with van der Waals surface area (Å²) >= 11 is 0. The number of hydrogen-bond acceptors (Lipinski definition) is 18. The predicted molar refractivity (Wildman–Crippen MR) is 487 cm³/mol. The molecular weight excluding hydrogens is 1860 g/mol. The largest absolute Gasteiger partial charge is 2.00 e. The summed E-state index contributed by atoms with van der Waals surface area (Å²) in [4.78, 5) is 87.1. The number of H-pyrrole nitrogens is 2. The van der Waals surface area contributed by atoms with E-state index < -0.39 is 47.8 Å². The second-order valence-electron chi connectivity index (χ2n) is 27.1. The Labute approximate surface area is 816 Å². The zero-order valence-corrected chi connectivity index (χ0v) is 75.3. The van der Waals surface area contributed by atoms with Crippen LogP contribution in [0.4, 0.5) is 0 Å². The molecule has 668 valence electrons. The first-order valence-corrected chi connectivity index (χ1v) is 40.0. The van der Waals surface area contributed by atoms with Crippen molar-refractivity contribution in [2.45, 2.75) is 0 Å². The van der Waals surface area contributed by atoms with Gasteiger partial charge in [-0.05, 0) is 101 Å². The van der Waals surface area contributed by atoms with Gasteiger partial charge in [0.15, 0.2) is 0 Å². The van der Waals surface area contributed by atoms with E-state index in [1.807, 2.05) is 303 Å². The van der Waals surface area contributed by atoms with Crippen LogP contribution in [0.2, 0.25) is 0 Å². The van der Waals surface area contributed by atoms with E-state index in [-0.39, 0.29) is 113 Å². The van der Waals surface area contributed by atoms with E-state index in [9.17, 15) is 79.2 Å². The van der Waals surface area contributed by atoms with Crippen molar-refractivity contribution in [1.82, 2.24) is 20.4 Å². The summed E-state index contributed by atoms with van der Waals surface area (Å²) in [5.74, 6) is -9.15. The van der Waals surface area contributed by atoms with Crippen LogP contribution in [0.3, 0.4) is 0 Å². The third-order valence-corrected chi connectivity index (χ3v) is 18.7. The molecule has 0 fully saturated rings. The molecule has 0 bridgehead atoms. The maximum Gasteiger partial charge on any atom is 2.00 e. The Morgan fingerprint density at radius 1 is 0.149 bits per heavy atom. The third-order valence-electron chi connectivity index (χ3n) is 18.7. The van der Waals surface area contributed by atoms with E-state index >= 15 is 0 Å². The Hall–Kier alpha value is -16.2. The van der Waals surface area contributed by atoms with Crippen LogP contribution in [0, 0.1) is 0 Å². The van der Waals surface area contributed by atoms with Crippen LogP contribution < -0.4 is 40.9 Å². The number of aromatic amines is 2. The van der Waals surface area contributed by atoms with Crippen molar-refractivity contribution >= 4 is 47.8 Å². The summed E-state index contributed by atoms with van der Waals surface area (Å²) in [6.45, 7) is 0. The van der Waals surface area contributed by atoms with Crippen LogP contribution in [-0.2, 0) is 68.3 Å². The fourth-order valence-corrected chi connectivity index (χ4v) is 12.7. The van der Waals surface area contributed by atoms with Crippen LogP contribution in [0.5, 0.6) is 0 Å². The summed E-state index contributed by atoms with van der Waals surface area (Å²) in [6.07, 6.45) is 6.92. The molecule has 2 heterocycles. The number of nitrogens with one attached hydrogen (secondary N) is 2. The summed E-state index contributed by atoms with van der Waals surface area (Å²) in [7, 11) is 0. The van der Waals surface area contributed by atoms with Gasteiger partial charge in [-0.25, -0.2) is 0 Å². The number of aromatic carboxylic acids is 8. The van der Waals surface area contributed by atoms with Crippen LogP contribution in [-0.4, -0.2) is 68.1 Å². The molecule has 24 heteroatoms. The Kier molecular flexibility index (Phi) is 48.3. The van der Waals surface area contributed by atoms with Crippen LogP contribution >= 0.6 is 0 Å². The third kappa shape index (κ3) is 34.7. The molecule has 0 aliphatic carbocycles. The van der Waals surface area contributed by atoms with Gasteiger partial charge in [-0.15, -0.1) is 0 Å². The summed E-state index contributed by atoms with van der Waals surface area (Å²) in [5.41, 5.74) is 14.4. The summed E-state index contributed by atoms with van der Waals surface area (Å²) in [6, 6.07) is 134. The standard InChI is InChI=1S/8C13H10O2.2C3H4N2.4Fe/c8*14-13(15)12-9-5-4-8-11(12)10-6-2-1-3-7-10;2*1-2-4-5-3-1;;;;/h8*1-9H,(H,14,15);2*1-3H,(H,4,5);;;;/q;;;;;;;;;;4*+2/p-8. The Bertz CT molecular complexity index is 5390. The Balaban J connectivity index is 0.000000265. The monoisotopic (exact) mass is 1940 g/mol. The van der Waals surface area contributed by atoms with E-state index in [1.54, 1.807) is 170 Å². The van der Waals surface area contributed by atoms with Crippen molar-refractivity contribution in [3.05, 3.63) is 518 Å². The van der Waals surface area contributed by atoms with Gasteiger partial charge >= 0.3 is 68.3 Å². The van der Waals surface area contributed by atoms with E-state index in [1.165, 1.54) is 0 Å². The molecule has 0 aliphatic heterocycles. The van der Waals surface area contributed by atoms with E-state index in [2.05, 4.69) is 20.4 Å². The molecule has 16 aromatic carbocycles. The first kappa shape index (κ1) is 108. The summed E-state index contributed by atoms with van der Waals surface area (Å²) in [5, 5.41) is 99.5. The van der Waals surface area contributed by atoms with Crippen LogP contribution in [0.1, 0.15) is 82.9 Å². The fourth-order valence-electron chi connectivity index (χ4n) is 12.7. The second-order valence-corrected chi connectivity index (χ2v) is 27.1. The molecule has 2 aromatic heterocycles. The van der Waals surface area contributed by atoms with Crippen molar-refractivity contribution in [3.63, 3.8) is 0 Å². The number of aromatic nitrogens is 4. The Morgan fingerprint density at radius 3 is 0.336 bits per heavy atom. The van der Waals surface area contributed by atoms with Gasteiger partial charge in [0.2, 0.25) is 0 Å². The summed E-state index contributed by atoms with van der Waals surface area (Å²) < 4.78 is 0. The smallest absolute Gasteiger partial charge is 0.545 e. The van der Waals surface area contributed by atoms with Crippen molar-refractivity contribution in [1.29, 1.82) is 0 Å². The number of nitrogens with zero attached hydrogens (tertiary/aromatic N) is 2. The molecule has 0 amide bonds. The molecule has 134 heavy (non-hydrogen) atoms. The minimum absolute atomic E-state index is 0. The van der Waals surface area contributed by atoms with Crippen LogP contribution in [0.15, 0.2) is 474 Å². The molecule has 2 N–H and O–H groups in total. The average molecular weight is 1940 g/mol. The molecule has 20 nitrogen and oxygen atoms in total. The molecule has 0 atom stereocenters. The zero-order valence-electron chi connectivity index (χ0n) is 70.9. The number of carboxylic acids is 8. The molecule has 0 saturated heterocycles. The number of carbonyl (C=O) groups is 8. The van der Waals surface area contributed by atoms with Gasteiger partial charge in [-0.3, -0.25) is 10.2 Å². The van der Waals surface area contributed by atoms with Gasteiger partial charge in [0.1, 0.15) is 0 Å². The van der Waals surface area contributed by atoms with Crippen molar-refractivity contribution < 1.29 is 147 Å². The van der Waals surface area contributed by atoms with E-state index in [4.69, 9.17) is 0 Å². The molecule has 18 aromatic rings. The average Bonchev–Trinajstić information content (AvgIpc) is 1.60. The van der Waals surface area contributed by atoms with Gasteiger partial charge in [-0.1, -0.05) is 437 Å². The fraction of sp³-hybridized carbons (Fsp3) is 0. The molecule has 0 radical (unpaired) electrons. The zero-order chi connectivity index (χ0) is 92.5. The molecule has 18 rings (SSSR count). The molecule has 0 unspecified atom stereocenters. The van der Waals surface area contributed by atoms with E-state index in [0.717, 1.165) is 44.5 Å². The quantitative estimate of drug-likeness (QED) is 0.0848. The van der Waals surface area contributed by atoms with Crippen molar-refractivity contribution in [2.75, 3.05) is 0 Å². The first-order valence-electron chi connectivity index (χ1n) is 40.0. The SMILES string of the molecule is O=C([O-])c1ccccc1-c1ccccc1.O=C([O-])c1ccccc1-c1ccccc1.O=C([O-])c1ccccc1-c1ccccc1.O=C([O-])c1ccccc1-c1ccccc1.O=C([O-])c1ccccc1-c1ccccc1.O=C([O-])c1ccccc1-c1ccccc1.O=C([O-])c1ccccc1-c1ccccc1.O=C([O-])c1ccccc1-c1ccccc1.[Fe+2].[Fe+2].[Fe+2].[Fe+2].c1cn[nH]c1.c1cn[nH]c1. The number of carboxylic acid groups (broad SMARTS) is 8. The second kappa shape index (κ2) is 59.8. The molecule has 0 spiro atoms. The van der Waals surface area contributed by atoms with Crippen LogP contribution in [0.25, 0.3) is 89.0 Å². The molecule has 0 aliphatic rings. The number of carbonyl (C=O) groups excluding carboxylic acids is 8. The molecule has 0 saturated carbocycles. The topological polar surface area (TPSA) is 378 Å². The maximum atomic E-state index is 10.9. The van der Waals surface area contributed by atoms with Gasteiger partial charge in [0, 0.05) is 69.3 Å². The van der Waals surface area contributed by atoms with Crippen molar-refractivity contribution in [2.24, 2.45) is 0 Å². The normalized spacial score (nSPS) is 9.43. The predicted octanol–water partition coefficient (Wildman–Crippen LogP) is 14.5. The van der Waals surface area contributed by atoms with Gasteiger partial charge in [-0.2, -0.15) is 10.2 Å². The van der Waals surface area contributed by atoms with Crippen molar-refractivity contribution in [3.8, 4) is 89.0 Å². The number of benzene rings is 16. The van der Waals surface area contributed by atoms with E-state index in [0.29, 0.717) is 44.5 Å². The maximum absolute atomic E-state index is 10.9. The van der Waals surface area contributed by atoms with Gasteiger partial charge in [0.25, 0.3) is 0 Å². The van der Waals surface area contributed by atoms with Gasteiger partial charge in [0.05, 0.1) is 47.8 Å². The minimum Gasteiger partial charge on any atom is -0.545 e. The number of rotatable bonds is 16.